The molecule has 0 N–H and O–H groups in total. The summed E-state index contributed by atoms with van der Waals surface area (Å²) in [5, 5.41) is 0. The Morgan fingerprint density at radius 2 is 1.48 bits per heavy atom. The highest BCUT2D eigenvalue weighted by molar-refractivity contribution is 7.93. The number of amides is 1. The summed E-state index contributed by atoms with van der Waals surface area (Å²) in [6.45, 7) is 0. The fourth-order valence-electron chi connectivity index (χ4n) is 1.80. The second-order valence-electron chi connectivity index (χ2n) is 4.66. The number of carbonyl (C=O) groups excluding carboxylic acids is 1. The fraction of sp³-hybridized carbons (Fsp3) is 0.133. The normalized spacial score (nSPS) is 14.0. The molecule has 1 amide bonds. The average Bonchev–Trinajstić information content (AvgIpc) is 2.55. The SMILES string of the molecule is COS(=O)(=O)c1ccc(C(=O)N=S(C)(=O)c2ccccc2)cc1. The lowest BCUT2D eigenvalue weighted by atomic mass is 10.2. The van der Waals surface area contributed by atoms with Crippen LogP contribution in [0.25, 0.3) is 0 Å². The van der Waals surface area contributed by atoms with E-state index in [-0.39, 0.29) is 10.5 Å². The zero-order valence-electron chi connectivity index (χ0n) is 12.5. The topological polar surface area (TPSA) is 89.9 Å². The maximum atomic E-state index is 12.5. The molecular weight excluding hydrogens is 338 g/mol. The van der Waals surface area contributed by atoms with Gasteiger partial charge in [0.25, 0.3) is 16.0 Å². The van der Waals surface area contributed by atoms with Crippen molar-refractivity contribution in [2.75, 3.05) is 13.4 Å². The minimum atomic E-state index is -3.82. The van der Waals surface area contributed by atoms with Crippen molar-refractivity contribution in [1.29, 1.82) is 0 Å². The Labute approximate surface area is 135 Å². The van der Waals surface area contributed by atoms with Crippen LogP contribution in [0.1, 0.15) is 10.4 Å². The first-order valence-corrected chi connectivity index (χ1v) is 9.82. The molecule has 6 nitrogen and oxygen atoms in total. The minimum Gasteiger partial charge on any atom is -0.270 e. The lowest BCUT2D eigenvalue weighted by Crippen LogP contribution is -2.05. The molecule has 2 aromatic rings. The smallest absolute Gasteiger partial charge is 0.270 e. The third-order valence-electron chi connectivity index (χ3n) is 3.05. The maximum Gasteiger partial charge on any atom is 0.296 e. The van der Waals surface area contributed by atoms with Gasteiger partial charge in [-0.25, -0.2) is 4.21 Å². The molecule has 0 saturated carbocycles. The predicted octanol–water partition coefficient (Wildman–Crippen LogP) is 2.32. The first-order valence-electron chi connectivity index (χ1n) is 6.48. The summed E-state index contributed by atoms with van der Waals surface area (Å²) in [4.78, 5) is 12.5. The van der Waals surface area contributed by atoms with Crippen molar-refractivity contribution in [1.82, 2.24) is 0 Å². The molecular formula is C15H15NO5S2. The van der Waals surface area contributed by atoms with Gasteiger partial charge in [-0.05, 0) is 36.4 Å². The Kier molecular flexibility index (Phi) is 4.98. The first-order chi connectivity index (χ1) is 10.8. The molecule has 0 heterocycles. The number of hydrogen-bond acceptors (Lipinski definition) is 5. The van der Waals surface area contributed by atoms with Gasteiger partial charge in [-0.3, -0.25) is 8.98 Å². The van der Waals surface area contributed by atoms with E-state index in [0.717, 1.165) is 7.11 Å². The van der Waals surface area contributed by atoms with Gasteiger partial charge in [-0.15, -0.1) is 0 Å². The van der Waals surface area contributed by atoms with Gasteiger partial charge in [-0.2, -0.15) is 12.8 Å². The van der Waals surface area contributed by atoms with E-state index < -0.39 is 25.8 Å². The average molecular weight is 353 g/mol. The van der Waals surface area contributed by atoms with Crippen LogP contribution in [0.3, 0.4) is 0 Å². The Balaban J connectivity index is 2.35. The molecule has 0 spiro atoms. The molecule has 23 heavy (non-hydrogen) atoms. The molecule has 0 aliphatic carbocycles. The molecule has 2 aromatic carbocycles. The van der Waals surface area contributed by atoms with Crippen LogP contribution in [-0.2, 0) is 24.0 Å². The molecule has 0 saturated heterocycles. The second-order valence-corrected chi connectivity index (χ2v) is 8.63. The van der Waals surface area contributed by atoms with Crippen LogP contribution in [0.4, 0.5) is 0 Å². The Hall–Kier alpha value is -2.03. The van der Waals surface area contributed by atoms with Crippen LogP contribution < -0.4 is 0 Å². The van der Waals surface area contributed by atoms with Gasteiger partial charge >= 0.3 is 0 Å². The summed E-state index contributed by atoms with van der Waals surface area (Å²) in [6.07, 6.45) is 1.38. The molecule has 0 fully saturated rings. The summed E-state index contributed by atoms with van der Waals surface area (Å²) in [5.41, 5.74) is 0.144. The summed E-state index contributed by atoms with van der Waals surface area (Å²) in [6, 6.07) is 13.5. The number of rotatable bonds is 4. The monoisotopic (exact) mass is 353 g/mol. The zero-order chi connectivity index (χ0) is 17.1. The van der Waals surface area contributed by atoms with Crippen LogP contribution >= 0.6 is 0 Å². The maximum absolute atomic E-state index is 12.5. The van der Waals surface area contributed by atoms with Crippen molar-refractivity contribution >= 4 is 25.8 Å². The van der Waals surface area contributed by atoms with Crippen molar-refractivity contribution in [3.63, 3.8) is 0 Å². The fourth-order valence-corrected chi connectivity index (χ4v) is 3.65. The number of hydrogen-bond donors (Lipinski definition) is 0. The van der Waals surface area contributed by atoms with Gasteiger partial charge in [0.2, 0.25) is 0 Å². The molecule has 0 aliphatic heterocycles. The van der Waals surface area contributed by atoms with Crippen LogP contribution in [0.2, 0.25) is 0 Å². The van der Waals surface area contributed by atoms with Crippen LogP contribution in [-0.4, -0.2) is 31.9 Å². The third kappa shape index (κ3) is 4.04. The van der Waals surface area contributed by atoms with Crippen molar-refractivity contribution < 1.29 is 21.6 Å². The molecule has 122 valence electrons. The van der Waals surface area contributed by atoms with Gasteiger partial charge in [0, 0.05) is 16.7 Å². The first kappa shape index (κ1) is 17.3. The number of carbonyl (C=O) groups is 1. The Bertz CT molecular complexity index is 926. The minimum absolute atomic E-state index is 0.0724. The van der Waals surface area contributed by atoms with E-state index in [1.807, 2.05) is 0 Å². The predicted molar refractivity (Wildman–Crippen MR) is 86.2 cm³/mol. The van der Waals surface area contributed by atoms with Crippen LogP contribution in [0, 0.1) is 0 Å². The van der Waals surface area contributed by atoms with E-state index in [2.05, 4.69) is 8.55 Å². The summed E-state index contributed by atoms with van der Waals surface area (Å²) in [5.74, 6) is -0.678. The lowest BCUT2D eigenvalue weighted by molar-refractivity contribution is 0.100. The summed E-state index contributed by atoms with van der Waals surface area (Å²) in [7, 11) is -5.63. The van der Waals surface area contributed by atoms with E-state index in [4.69, 9.17) is 0 Å². The van der Waals surface area contributed by atoms with Gasteiger partial charge in [0.15, 0.2) is 0 Å². The Morgan fingerprint density at radius 1 is 0.913 bits per heavy atom. The zero-order valence-corrected chi connectivity index (χ0v) is 14.1. The molecule has 0 bridgehead atoms. The largest absolute Gasteiger partial charge is 0.296 e. The van der Waals surface area contributed by atoms with Crippen molar-refractivity contribution in [3.8, 4) is 0 Å². The van der Waals surface area contributed by atoms with E-state index in [1.165, 1.54) is 30.5 Å². The quantitative estimate of drug-likeness (QED) is 0.787. The number of benzene rings is 2. The second kappa shape index (κ2) is 6.61. The highest BCUT2D eigenvalue weighted by Gasteiger charge is 2.15. The van der Waals surface area contributed by atoms with Crippen molar-refractivity contribution in [2.24, 2.45) is 4.36 Å². The van der Waals surface area contributed by atoms with E-state index in [0.29, 0.717) is 4.90 Å². The summed E-state index contributed by atoms with van der Waals surface area (Å²) >= 11 is 0. The number of nitrogens with zero attached hydrogens (tertiary/aromatic N) is 1. The summed E-state index contributed by atoms with van der Waals surface area (Å²) < 4.78 is 43.7. The third-order valence-corrected chi connectivity index (χ3v) is 6.00. The lowest BCUT2D eigenvalue weighted by Gasteiger charge is -2.04. The van der Waals surface area contributed by atoms with Crippen LogP contribution in [0.15, 0.2) is 68.8 Å². The molecule has 2 rings (SSSR count). The van der Waals surface area contributed by atoms with Gasteiger partial charge in [-0.1, -0.05) is 18.2 Å². The highest BCUT2D eigenvalue weighted by atomic mass is 32.2. The Morgan fingerprint density at radius 3 is 2.00 bits per heavy atom. The van der Waals surface area contributed by atoms with Gasteiger partial charge in [0.05, 0.1) is 21.7 Å². The van der Waals surface area contributed by atoms with Gasteiger partial charge in [0.1, 0.15) is 0 Å². The molecule has 1 atom stereocenters. The standard InChI is InChI=1S/C15H15NO5S2/c1-21-23(19,20)14-10-8-12(9-11-14)15(17)16-22(2,18)13-6-4-3-5-7-13/h3-11H,1-2H3. The molecule has 0 aromatic heterocycles. The van der Waals surface area contributed by atoms with E-state index in [9.17, 15) is 17.4 Å². The molecule has 8 heteroatoms. The van der Waals surface area contributed by atoms with Crippen LogP contribution in [0.5, 0.6) is 0 Å². The van der Waals surface area contributed by atoms with E-state index in [1.54, 1.807) is 30.3 Å². The molecule has 0 radical (unpaired) electrons. The van der Waals surface area contributed by atoms with Gasteiger partial charge < -0.3 is 0 Å². The van der Waals surface area contributed by atoms with Crippen molar-refractivity contribution in [2.45, 2.75) is 9.79 Å². The van der Waals surface area contributed by atoms with E-state index >= 15 is 0 Å². The van der Waals surface area contributed by atoms with Crippen molar-refractivity contribution in [3.05, 3.63) is 60.2 Å². The highest BCUT2D eigenvalue weighted by Crippen LogP contribution is 2.16. The molecule has 0 aliphatic rings. The molecule has 1 unspecified atom stereocenters.